The quantitative estimate of drug-likeness (QED) is 0.720. The van der Waals surface area contributed by atoms with Crippen LogP contribution in [0.15, 0.2) is 18.2 Å². The van der Waals surface area contributed by atoms with Crippen LogP contribution >= 0.6 is 7.82 Å². The van der Waals surface area contributed by atoms with E-state index in [1.807, 2.05) is 13.0 Å². The van der Waals surface area contributed by atoms with Crippen LogP contribution in [0.3, 0.4) is 0 Å². The van der Waals surface area contributed by atoms with Crippen LogP contribution in [0, 0.1) is 11.3 Å². The van der Waals surface area contributed by atoms with Gasteiger partial charge < -0.3 is 9.63 Å². The van der Waals surface area contributed by atoms with E-state index in [2.05, 4.69) is 6.92 Å². The molecule has 0 aromatic heterocycles. The molecule has 24 heavy (non-hydrogen) atoms. The summed E-state index contributed by atoms with van der Waals surface area (Å²) in [6.07, 6.45) is 3.93. The van der Waals surface area contributed by atoms with E-state index in [4.69, 9.17) is 14.3 Å². The summed E-state index contributed by atoms with van der Waals surface area (Å²) in [5.41, 5.74) is 0.983. The molecule has 1 fully saturated rings. The Kier molecular flexibility index (Phi) is 4.06. The first-order valence-corrected chi connectivity index (χ1v) is 9.71. The zero-order chi connectivity index (χ0) is 17.8. The summed E-state index contributed by atoms with van der Waals surface area (Å²) in [6.45, 7) is 3.91. The van der Waals surface area contributed by atoms with E-state index in [0.717, 1.165) is 36.8 Å². The molecule has 3 atom stereocenters. The molecule has 1 saturated carbocycles. The third-order valence-electron chi connectivity index (χ3n) is 6.04. The number of fused-ring (bicyclic) bond motifs is 3. The lowest BCUT2D eigenvalue weighted by molar-refractivity contribution is -0.157. The van der Waals surface area contributed by atoms with Crippen LogP contribution in [0.4, 0.5) is 0 Å². The van der Waals surface area contributed by atoms with Crippen LogP contribution in [-0.4, -0.2) is 20.9 Å². The van der Waals surface area contributed by atoms with Crippen LogP contribution in [-0.2, 0) is 21.2 Å². The maximum Gasteiger partial charge on any atom is 0.524 e. The average molecular weight is 354 g/mol. The number of aryl methyl sites for hydroxylation is 1. The predicted molar refractivity (Wildman–Crippen MR) is 87.9 cm³/mol. The van der Waals surface area contributed by atoms with Crippen molar-refractivity contribution in [1.82, 2.24) is 0 Å². The van der Waals surface area contributed by atoms with Crippen molar-refractivity contribution in [1.29, 1.82) is 0 Å². The lowest BCUT2D eigenvalue weighted by atomic mass is 9.50. The SMILES string of the molecule is C[C@]1(C(=O)O)CCC[C@]2(C)c3cc(OP(=O)(O)O)ccc3CC[C@@H]12. The highest BCUT2D eigenvalue weighted by atomic mass is 31.2. The van der Waals surface area contributed by atoms with E-state index >= 15 is 0 Å². The van der Waals surface area contributed by atoms with Gasteiger partial charge in [0.05, 0.1) is 5.41 Å². The van der Waals surface area contributed by atoms with E-state index in [9.17, 15) is 14.5 Å². The van der Waals surface area contributed by atoms with Gasteiger partial charge in [-0.15, -0.1) is 0 Å². The molecule has 0 unspecified atom stereocenters. The van der Waals surface area contributed by atoms with Crippen LogP contribution in [0.1, 0.15) is 50.7 Å². The molecule has 0 aliphatic heterocycles. The van der Waals surface area contributed by atoms with Crippen LogP contribution < -0.4 is 4.52 Å². The van der Waals surface area contributed by atoms with Crippen LogP contribution in [0.2, 0.25) is 0 Å². The number of carboxylic acids is 1. The van der Waals surface area contributed by atoms with E-state index in [-0.39, 0.29) is 17.1 Å². The summed E-state index contributed by atoms with van der Waals surface area (Å²) < 4.78 is 15.9. The van der Waals surface area contributed by atoms with Crippen molar-refractivity contribution in [3.63, 3.8) is 0 Å². The van der Waals surface area contributed by atoms with Gasteiger partial charge >= 0.3 is 13.8 Å². The van der Waals surface area contributed by atoms with Crippen molar-refractivity contribution in [2.75, 3.05) is 0 Å². The fourth-order valence-electron chi connectivity index (χ4n) is 4.89. The van der Waals surface area contributed by atoms with Crippen molar-refractivity contribution < 1.29 is 28.8 Å². The zero-order valence-corrected chi connectivity index (χ0v) is 14.8. The fourth-order valence-corrected chi connectivity index (χ4v) is 5.28. The Hall–Kier alpha value is -1.36. The van der Waals surface area contributed by atoms with Gasteiger partial charge in [0.25, 0.3) is 0 Å². The third kappa shape index (κ3) is 2.77. The second-order valence-electron chi connectivity index (χ2n) is 7.49. The van der Waals surface area contributed by atoms with Gasteiger partial charge in [0.15, 0.2) is 0 Å². The molecule has 7 heteroatoms. The summed E-state index contributed by atoms with van der Waals surface area (Å²) in [6, 6.07) is 5.10. The lowest BCUT2D eigenvalue weighted by Crippen LogP contribution is -2.52. The highest BCUT2D eigenvalue weighted by Crippen LogP contribution is 2.58. The molecule has 1 aromatic carbocycles. The molecule has 2 aliphatic carbocycles. The summed E-state index contributed by atoms with van der Waals surface area (Å²) in [5.74, 6) is -0.634. The summed E-state index contributed by atoms with van der Waals surface area (Å²) in [5, 5.41) is 9.78. The van der Waals surface area contributed by atoms with E-state index in [1.165, 1.54) is 0 Å². The number of phosphoric acid groups is 1. The maximum atomic E-state index is 11.9. The van der Waals surface area contributed by atoms with E-state index < -0.39 is 19.2 Å². The Balaban J connectivity index is 2.07. The molecule has 6 nitrogen and oxygen atoms in total. The molecule has 0 bridgehead atoms. The van der Waals surface area contributed by atoms with E-state index in [1.54, 1.807) is 12.1 Å². The standard InChI is InChI=1S/C17H23O6P/c1-16-8-3-9-17(2,15(18)19)14(16)7-5-11-4-6-12(10-13(11)16)23-24(20,21)22/h4,6,10,14H,3,5,7-9H2,1-2H3,(H,18,19)(H2,20,21,22)/t14-,16-,17+/m1/s1. The molecule has 3 N–H and O–H groups in total. The number of carbonyl (C=O) groups is 1. The first-order chi connectivity index (χ1) is 11.1. The average Bonchev–Trinajstić information content (AvgIpc) is 2.45. The van der Waals surface area contributed by atoms with Crippen molar-refractivity contribution in [3.05, 3.63) is 29.3 Å². The summed E-state index contributed by atoms with van der Waals surface area (Å²) >= 11 is 0. The number of benzene rings is 1. The highest BCUT2D eigenvalue weighted by Gasteiger charge is 2.55. The first kappa shape index (κ1) is 17.5. The molecule has 1 aromatic rings. The Morgan fingerprint density at radius 2 is 2.00 bits per heavy atom. The molecule has 2 aliphatic rings. The Morgan fingerprint density at radius 1 is 1.29 bits per heavy atom. The van der Waals surface area contributed by atoms with Gasteiger partial charge in [-0.3, -0.25) is 14.6 Å². The number of phosphoric ester groups is 1. The number of aliphatic carboxylic acids is 1. The van der Waals surface area contributed by atoms with Crippen molar-refractivity contribution in [3.8, 4) is 5.75 Å². The number of hydrogen-bond acceptors (Lipinski definition) is 3. The minimum absolute atomic E-state index is 0.00550. The summed E-state index contributed by atoms with van der Waals surface area (Å²) in [4.78, 5) is 30.0. The molecule has 0 spiro atoms. The zero-order valence-electron chi connectivity index (χ0n) is 13.9. The summed E-state index contributed by atoms with van der Waals surface area (Å²) in [7, 11) is -4.62. The van der Waals surface area contributed by atoms with Gasteiger partial charge in [0, 0.05) is 0 Å². The van der Waals surface area contributed by atoms with Gasteiger partial charge in [-0.25, -0.2) is 4.57 Å². The second kappa shape index (κ2) is 5.58. The van der Waals surface area contributed by atoms with Crippen LogP contribution in [0.5, 0.6) is 5.75 Å². The normalized spacial score (nSPS) is 32.6. The molecule has 0 heterocycles. The van der Waals surface area contributed by atoms with Crippen LogP contribution in [0.25, 0.3) is 0 Å². The lowest BCUT2D eigenvalue weighted by Gasteiger charge is -2.53. The molecule has 3 rings (SSSR count). The minimum atomic E-state index is -4.62. The maximum absolute atomic E-state index is 11.9. The number of carboxylic acid groups (broad SMARTS) is 1. The van der Waals surface area contributed by atoms with Gasteiger partial charge in [-0.05, 0) is 67.2 Å². The third-order valence-corrected chi connectivity index (χ3v) is 6.49. The second-order valence-corrected chi connectivity index (χ2v) is 8.65. The van der Waals surface area contributed by atoms with E-state index in [0.29, 0.717) is 6.42 Å². The first-order valence-electron chi connectivity index (χ1n) is 8.18. The highest BCUT2D eigenvalue weighted by molar-refractivity contribution is 7.46. The largest absolute Gasteiger partial charge is 0.524 e. The fraction of sp³-hybridized carbons (Fsp3) is 0.588. The molecule has 0 radical (unpaired) electrons. The monoisotopic (exact) mass is 354 g/mol. The Bertz CT molecular complexity index is 726. The van der Waals surface area contributed by atoms with Gasteiger partial charge in [0.2, 0.25) is 0 Å². The van der Waals surface area contributed by atoms with Crippen molar-refractivity contribution in [2.45, 2.75) is 51.4 Å². The predicted octanol–water partition coefficient (Wildman–Crippen LogP) is 3.25. The van der Waals surface area contributed by atoms with Gasteiger partial charge in [-0.2, -0.15) is 0 Å². The Labute approximate surface area is 141 Å². The molecular weight excluding hydrogens is 331 g/mol. The topological polar surface area (TPSA) is 104 Å². The molecule has 0 amide bonds. The number of rotatable bonds is 3. The van der Waals surface area contributed by atoms with Gasteiger partial charge in [0.1, 0.15) is 5.75 Å². The minimum Gasteiger partial charge on any atom is -0.481 e. The van der Waals surface area contributed by atoms with Crippen molar-refractivity contribution >= 4 is 13.8 Å². The smallest absolute Gasteiger partial charge is 0.481 e. The number of hydrogen-bond donors (Lipinski definition) is 3. The molecule has 132 valence electrons. The van der Waals surface area contributed by atoms with Gasteiger partial charge in [-0.1, -0.05) is 19.4 Å². The Morgan fingerprint density at radius 3 is 2.62 bits per heavy atom. The molecule has 0 saturated heterocycles. The molecular formula is C17H23O6P. The van der Waals surface area contributed by atoms with Crippen molar-refractivity contribution in [2.24, 2.45) is 11.3 Å².